The lowest BCUT2D eigenvalue weighted by Gasteiger charge is -2.36. The van der Waals surface area contributed by atoms with Crippen molar-refractivity contribution in [3.05, 3.63) is 30.5 Å². The van der Waals surface area contributed by atoms with E-state index in [1.807, 2.05) is 24.1 Å². The summed E-state index contributed by atoms with van der Waals surface area (Å²) in [7, 11) is 1.92. The van der Waals surface area contributed by atoms with Crippen molar-refractivity contribution in [2.75, 3.05) is 31.7 Å². The Morgan fingerprint density at radius 3 is 2.81 bits per heavy atom. The van der Waals surface area contributed by atoms with Gasteiger partial charge in [-0.2, -0.15) is 0 Å². The SMILES string of the molecule is CN(CC1(O)CCOCC1)c1nccc2ccc(O)cc12. The summed E-state index contributed by atoms with van der Waals surface area (Å²) in [6.07, 6.45) is 3.01. The van der Waals surface area contributed by atoms with Gasteiger partial charge in [0.1, 0.15) is 11.6 Å². The van der Waals surface area contributed by atoms with E-state index in [0.717, 1.165) is 16.6 Å². The van der Waals surface area contributed by atoms with Gasteiger partial charge in [-0.25, -0.2) is 4.98 Å². The number of aliphatic hydroxyl groups is 1. The molecule has 0 radical (unpaired) electrons. The maximum atomic E-state index is 10.6. The van der Waals surface area contributed by atoms with Gasteiger partial charge in [0.25, 0.3) is 0 Å². The van der Waals surface area contributed by atoms with Crippen molar-refractivity contribution in [3.63, 3.8) is 0 Å². The van der Waals surface area contributed by atoms with E-state index in [9.17, 15) is 10.2 Å². The van der Waals surface area contributed by atoms with E-state index in [2.05, 4.69) is 4.98 Å². The van der Waals surface area contributed by atoms with Crippen LogP contribution in [0.25, 0.3) is 10.8 Å². The molecular weight excluding hydrogens is 268 g/mol. The van der Waals surface area contributed by atoms with E-state index in [1.54, 1.807) is 18.3 Å². The number of likely N-dealkylation sites (N-methyl/N-ethyl adjacent to an activating group) is 1. The van der Waals surface area contributed by atoms with Crippen LogP contribution < -0.4 is 4.90 Å². The van der Waals surface area contributed by atoms with Crippen LogP contribution in [0.15, 0.2) is 30.5 Å². The molecule has 1 aromatic carbocycles. The Kier molecular flexibility index (Phi) is 3.69. The van der Waals surface area contributed by atoms with E-state index in [1.165, 1.54) is 0 Å². The van der Waals surface area contributed by atoms with Gasteiger partial charge >= 0.3 is 0 Å². The van der Waals surface area contributed by atoms with Crippen LogP contribution >= 0.6 is 0 Å². The third-order valence-corrected chi connectivity index (χ3v) is 4.05. The van der Waals surface area contributed by atoms with Crippen molar-refractivity contribution in [1.82, 2.24) is 4.98 Å². The summed E-state index contributed by atoms with van der Waals surface area (Å²) >= 11 is 0. The van der Waals surface area contributed by atoms with E-state index in [0.29, 0.717) is 32.6 Å². The van der Waals surface area contributed by atoms with Crippen LogP contribution in [0, 0.1) is 0 Å². The number of fused-ring (bicyclic) bond motifs is 1. The van der Waals surface area contributed by atoms with Gasteiger partial charge in [0.05, 0.1) is 5.60 Å². The van der Waals surface area contributed by atoms with Crippen LogP contribution in [0.3, 0.4) is 0 Å². The van der Waals surface area contributed by atoms with Crippen molar-refractivity contribution in [1.29, 1.82) is 0 Å². The standard InChI is InChI=1S/C16H20N2O3/c1-18(11-16(20)5-8-21-9-6-16)15-14-10-13(19)3-2-12(14)4-7-17-15/h2-4,7,10,19-20H,5-6,8-9,11H2,1H3. The molecule has 0 saturated carbocycles. The van der Waals surface area contributed by atoms with Crippen molar-refractivity contribution >= 4 is 16.6 Å². The molecule has 1 aromatic heterocycles. The van der Waals surface area contributed by atoms with E-state index in [-0.39, 0.29) is 5.75 Å². The van der Waals surface area contributed by atoms with Crippen molar-refractivity contribution in [2.45, 2.75) is 18.4 Å². The third kappa shape index (κ3) is 2.94. The Balaban J connectivity index is 1.90. The molecule has 2 aromatic rings. The minimum Gasteiger partial charge on any atom is -0.508 e. The van der Waals surface area contributed by atoms with Crippen molar-refractivity contribution in [3.8, 4) is 5.75 Å². The zero-order valence-corrected chi connectivity index (χ0v) is 12.1. The predicted octanol–water partition coefficient (Wildman–Crippen LogP) is 1.92. The largest absolute Gasteiger partial charge is 0.508 e. The Labute approximate surface area is 123 Å². The fraction of sp³-hybridized carbons (Fsp3) is 0.438. The van der Waals surface area contributed by atoms with Gasteiger partial charge in [0.2, 0.25) is 0 Å². The van der Waals surface area contributed by atoms with Crippen LogP contribution in [0.4, 0.5) is 5.82 Å². The summed E-state index contributed by atoms with van der Waals surface area (Å²) in [6.45, 7) is 1.68. The van der Waals surface area contributed by atoms with Gasteiger partial charge in [-0.15, -0.1) is 0 Å². The van der Waals surface area contributed by atoms with Crippen LogP contribution in [-0.2, 0) is 4.74 Å². The van der Waals surface area contributed by atoms with Crippen LogP contribution in [0.1, 0.15) is 12.8 Å². The number of aromatic hydroxyl groups is 1. The summed E-state index contributed by atoms with van der Waals surface area (Å²) in [5, 5.41) is 22.2. The highest BCUT2D eigenvalue weighted by atomic mass is 16.5. The van der Waals surface area contributed by atoms with Gasteiger partial charge in [-0.1, -0.05) is 6.07 Å². The number of pyridine rings is 1. The second-order valence-electron chi connectivity index (χ2n) is 5.73. The topological polar surface area (TPSA) is 65.8 Å². The van der Waals surface area contributed by atoms with E-state index >= 15 is 0 Å². The lowest BCUT2D eigenvalue weighted by Crippen LogP contribution is -2.46. The normalized spacial score (nSPS) is 17.8. The molecule has 0 atom stereocenters. The van der Waals surface area contributed by atoms with Crippen LogP contribution in [0.2, 0.25) is 0 Å². The van der Waals surface area contributed by atoms with Gasteiger partial charge in [-0.05, 0) is 23.6 Å². The quantitative estimate of drug-likeness (QED) is 0.903. The first kappa shape index (κ1) is 14.1. The number of hydrogen-bond donors (Lipinski definition) is 2. The van der Waals surface area contributed by atoms with Crippen LogP contribution in [0.5, 0.6) is 5.75 Å². The maximum absolute atomic E-state index is 10.6. The summed E-state index contributed by atoms with van der Waals surface area (Å²) in [4.78, 5) is 6.37. The van der Waals surface area contributed by atoms with Crippen molar-refractivity contribution < 1.29 is 14.9 Å². The number of anilines is 1. The number of hydrogen-bond acceptors (Lipinski definition) is 5. The summed E-state index contributed by atoms with van der Waals surface area (Å²) < 4.78 is 5.31. The molecular formula is C16H20N2O3. The molecule has 1 aliphatic rings. The number of rotatable bonds is 3. The molecule has 21 heavy (non-hydrogen) atoms. The molecule has 0 bridgehead atoms. The Hall–Kier alpha value is -1.85. The monoisotopic (exact) mass is 288 g/mol. The predicted molar refractivity (Wildman–Crippen MR) is 81.7 cm³/mol. The Morgan fingerprint density at radius 1 is 1.29 bits per heavy atom. The average Bonchev–Trinajstić information content (AvgIpc) is 2.46. The number of phenols is 1. The molecule has 3 rings (SSSR count). The molecule has 2 N–H and O–H groups in total. The van der Waals surface area contributed by atoms with Gasteiger partial charge < -0.3 is 19.8 Å². The molecule has 2 heterocycles. The van der Waals surface area contributed by atoms with E-state index in [4.69, 9.17) is 4.74 Å². The fourth-order valence-corrected chi connectivity index (χ4v) is 2.87. The number of ether oxygens (including phenoxy) is 1. The Morgan fingerprint density at radius 2 is 2.05 bits per heavy atom. The van der Waals surface area contributed by atoms with Crippen LogP contribution in [-0.4, -0.2) is 47.6 Å². The summed E-state index contributed by atoms with van der Waals surface area (Å²) in [6, 6.07) is 7.16. The lowest BCUT2D eigenvalue weighted by molar-refractivity contribution is -0.0573. The first-order valence-electron chi connectivity index (χ1n) is 7.16. The molecule has 0 aliphatic carbocycles. The molecule has 0 unspecified atom stereocenters. The van der Waals surface area contributed by atoms with E-state index < -0.39 is 5.60 Å². The average molecular weight is 288 g/mol. The summed E-state index contributed by atoms with van der Waals surface area (Å²) in [5.74, 6) is 0.984. The Bertz CT molecular complexity index is 638. The highest BCUT2D eigenvalue weighted by Crippen LogP contribution is 2.29. The smallest absolute Gasteiger partial charge is 0.136 e. The second kappa shape index (κ2) is 5.50. The minimum atomic E-state index is -0.742. The number of aromatic nitrogens is 1. The highest BCUT2D eigenvalue weighted by Gasteiger charge is 2.31. The minimum absolute atomic E-state index is 0.218. The molecule has 5 nitrogen and oxygen atoms in total. The molecule has 1 saturated heterocycles. The number of phenolic OH excluding ortho intramolecular Hbond substituents is 1. The molecule has 5 heteroatoms. The second-order valence-corrected chi connectivity index (χ2v) is 5.73. The van der Waals surface area contributed by atoms with Gasteiger partial charge in [0.15, 0.2) is 0 Å². The molecule has 0 amide bonds. The molecule has 1 aliphatic heterocycles. The zero-order chi connectivity index (χ0) is 14.9. The van der Waals surface area contributed by atoms with Crippen molar-refractivity contribution in [2.24, 2.45) is 0 Å². The first-order chi connectivity index (χ1) is 10.1. The maximum Gasteiger partial charge on any atom is 0.136 e. The zero-order valence-electron chi connectivity index (χ0n) is 12.1. The first-order valence-corrected chi connectivity index (χ1v) is 7.16. The summed E-state index contributed by atoms with van der Waals surface area (Å²) in [5.41, 5.74) is -0.742. The fourth-order valence-electron chi connectivity index (χ4n) is 2.87. The molecule has 112 valence electrons. The highest BCUT2D eigenvalue weighted by molar-refractivity contribution is 5.93. The number of nitrogens with zero attached hydrogens (tertiary/aromatic N) is 2. The number of benzene rings is 1. The van der Waals surface area contributed by atoms with Gasteiger partial charge in [0, 0.05) is 51.2 Å². The molecule has 0 spiro atoms. The third-order valence-electron chi connectivity index (χ3n) is 4.05. The van der Waals surface area contributed by atoms with Gasteiger partial charge in [-0.3, -0.25) is 0 Å². The molecule has 1 fully saturated rings. The lowest BCUT2D eigenvalue weighted by atomic mass is 9.94.